The van der Waals surface area contributed by atoms with Crippen molar-refractivity contribution in [2.24, 2.45) is 11.8 Å². The van der Waals surface area contributed by atoms with Gasteiger partial charge in [-0.05, 0) is 13.0 Å². The summed E-state index contributed by atoms with van der Waals surface area (Å²) in [5, 5.41) is 12.2. The van der Waals surface area contributed by atoms with E-state index in [0.717, 1.165) is 32.6 Å². The number of likely N-dealkylation sites (tertiary alicyclic amines) is 1. The fraction of sp³-hybridized carbons (Fsp3) is 0.833. The van der Waals surface area contributed by atoms with Gasteiger partial charge in [0.15, 0.2) is 0 Å². The SMILES string of the molecule is CC(C(=O)O)C1CN(C(=O)N2CCCNCC2)C1. The highest BCUT2D eigenvalue weighted by Crippen LogP contribution is 2.25. The third-order valence-corrected chi connectivity index (χ3v) is 3.89. The Labute approximate surface area is 107 Å². The number of hydrogen-bond acceptors (Lipinski definition) is 3. The van der Waals surface area contributed by atoms with E-state index in [9.17, 15) is 9.59 Å². The molecule has 0 bridgehead atoms. The average molecular weight is 255 g/mol. The maximum Gasteiger partial charge on any atom is 0.320 e. The van der Waals surface area contributed by atoms with Crippen LogP contribution in [0.1, 0.15) is 13.3 Å². The Morgan fingerprint density at radius 1 is 1.22 bits per heavy atom. The van der Waals surface area contributed by atoms with Crippen LogP contribution in [0.25, 0.3) is 0 Å². The second-order valence-corrected chi connectivity index (χ2v) is 5.17. The zero-order valence-corrected chi connectivity index (χ0v) is 10.8. The molecule has 2 rings (SSSR count). The molecule has 0 radical (unpaired) electrons. The summed E-state index contributed by atoms with van der Waals surface area (Å²) in [6.45, 7) is 6.21. The first kappa shape index (κ1) is 13.1. The van der Waals surface area contributed by atoms with Gasteiger partial charge >= 0.3 is 12.0 Å². The Balaban J connectivity index is 1.80. The topological polar surface area (TPSA) is 72.9 Å². The number of nitrogens with one attached hydrogen (secondary N) is 1. The van der Waals surface area contributed by atoms with Crippen LogP contribution >= 0.6 is 0 Å². The number of amides is 2. The summed E-state index contributed by atoms with van der Waals surface area (Å²) in [5.41, 5.74) is 0. The monoisotopic (exact) mass is 255 g/mol. The minimum absolute atomic E-state index is 0.0625. The van der Waals surface area contributed by atoms with Crippen molar-refractivity contribution in [2.45, 2.75) is 13.3 Å². The van der Waals surface area contributed by atoms with Gasteiger partial charge in [-0.3, -0.25) is 4.79 Å². The number of hydrogen-bond donors (Lipinski definition) is 2. The first-order valence-electron chi connectivity index (χ1n) is 6.57. The van der Waals surface area contributed by atoms with Crippen molar-refractivity contribution >= 4 is 12.0 Å². The van der Waals surface area contributed by atoms with E-state index >= 15 is 0 Å². The van der Waals surface area contributed by atoms with Gasteiger partial charge in [0.2, 0.25) is 0 Å². The molecule has 2 saturated heterocycles. The van der Waals surface area contributed by atoms with Crippen LogP contribution in [0.2, 0.25) is 0 Å². The molecule has 2 aliphatic heterocycles. The lowest BCUT2D eigenvalue weighted by molar-refractivity contribution is -0.144. The molecular formula is C12H21N3O3. The van der Waals surface area contributed by atoms with Crippen LogP contribution in [0.4, 0.5) is 4.79 Å². The molecular weight excluding hydrogens is 234 g/mol. The molecule has 2 amide bonds. The highest BCUT2D eigenvalue weighted by atomic mass is 16.4. The zero-order valence-electron chi connectivity index (χ0n) is 10.8. The van der Waals surface area contributed by atoms with Gasteiger partial charge in [-0.15, -0.1) is 0 Å². The number of rotatable bonds is 2. The molecule has 6 heteroatoms. The fourth-order valence-corrected chi connectivity index (χ4v) is 2.42. The number of nitrogens with zero attached hydrogens (tertiary/aromatic N) is 2. The molecule has 0 spiro atoms. The van der Waals surface area contributed by atoms with Gasteiger partial charge in [-0.1, -0.05) is 6.92 Å². The lowest BCUT2D eigenvalue weighted by Gasteiger charge is -2.43. The number of carbonyl (C=O) groups excluding carboxylic acids is 1. The number of urea groups is 1. The highest BCUT2D eigenvalue weighted by Gasteiger charge is 2.38. The van der Waals surface area contributed by atoms with Crippen LogP contribution < -0.4 is 5.32 Å². The Morgan fingerprint density at radius 3 is 2.61 bits per heavy atom. The van der Waals surface area contributed by atoms with E-state index in [-0.39, 0.29) is 17.9 Å². The van der Waals surface area contributed by atoms with Gasteiger partial charge in [0.25, 0.3) is 0 Å². The number of carbonyl (C=O) groups is 2. The molecule has 0 aromatic carbocycles. The maximum atomic E-state index is 12.1. The fourth-order valence-electron chi connectivity index (χ4n) is 2.42. The number of aliphatic carboxylic acids is 1. The van der Waals surface area contributed by atoms with E-state index in [2.05, 4.69) is 5.32 Å². The summed E-state index contributed by atoms with van der Waals surface area (Å²) >= 11 is 0. The van der Waals surface area contributed by atoms with Gasteiger partial charge < -0.3 is 20.2 Å². The molecule has 2 heterocycles. The van der Waals surface area contributed by atoms with Gasteiger partial charge in [0.05, 0.1) is 5.92 Å². The third-order valence-electron chi connectivity index (χ3n) is 3.89. The lowest BCUT2D eigenvalue weighted by Crippen LogP contribution is -2.57. The van der Waals surface area contributed by atoms with Gasteiger partial charge in [0.1, 0.15) is 0 Å². The molecule has 18 heavy (non-hydrogen) atoms. The zero-order chi connectivity index (χ0) is 13.1. The minimum Gasteiger partial charge on any atom is -0.481 e. The molecule has 1 unspecified atom stereocenters. The molecule has 2 N–H and O–H groups in total. The number of carboxylic acid groups (broad SMARTS) is 1. The van der Waals surface area contributed by atoms with Crippen molar-refractivity contribution in [3.05, 3.63) is 0 Å². The smallest absolute Gasteiger partial charge is 0.320 e. The van der Waals surface area contributed by atoms with E-state index in [1.165, 1.54) is 0 Å². The molecule has 0 aromatic rings. The van der Waals surface area contributed by atoms with Gasteiger partial charge in [-0.25, -0.2) is 4.79 Å². The predicted octanol–water partition coefficient (Wildman–Crippen LogP) is 0.0542. The van der Waals surface area contributed by atoms with Crippen LogP contribution in [0.15, 0.2) is 0 Å². The second-order valence-electron chi connectivity index (χ2n) is 5.17. The van der Waals surface area contributed by atoms with Crippen LogP contribution in [-0.2, 0) is 4.79 Å². The van der Waals surface area contributed by atoms with E-state index in [1.807, 2.05) is 4.90 Å². The van der Waals surface area contributed by atoms with Crippen LogP contribution in [0.3, 0.4) is 0 Å². The summed E-state index contributed by atoms with van der Waals surface area (Å²) in [7, 11) is 0. The molecule has 102 valence electrons. The summed E-state index contributed by atoms with van der Waals surface area (Å²) in [4.78, 5) is 26.6. The normalized spacial score (nSPS) is 23.2. The molecule has 2 aliphatic rings. The van der Waals surface area contributed by atoms with Gasteiger partial charge in [0, 0.05) is 38.6 Å². The Morgan fingerprint density at radius 2 is 1.94 bits per heavy atom. The highest BCUT2D eigenvalue weighted by molar-refractivity contribution is 5.76. The molecule has 2 fully saturated rings. The molecule has 6 nitrogen and oxygen atoms in total. The Kier molecular flexibility index (Phi) is 4.06. The molecule has 0 aromatic heterocycles. The van der Waals surface area contributed by atoms with Crippen molar-refractivity contribution in [3.63, 3.8) is 0 Å². The largest absolute Gasteiger partial charge is 0.481 e. The van der Waals surface area contributed by atoms with E-state index in [4.69, 9.17) is 5.11 Å². The maximum absolute atomic E-state index is 12.1. The first-order valence-corrected chi connectivity index (χ1v) is 6.57. The van der Waals surface area contributed by atoms with Crippen LogP contribution in [0.5, 0.6) is 0 Å². The van der Waals surface area contributed by atoms with Crippen molar-refractivity contribution in [1.82, 2.24) is 15.1 Å². The second kappa shape index (κ2) is 5.56. The summed E-state index contributed by atoms with van der Waals surface area (Å²) in [5.74, 6) is -1.03. The van der Waals surface area contributed by atoms with Crippen LogP contribution in [-0.4, -0.2) is 66.2 Å². The van der Waals surface area contributed by atoms with E-state index < -0.39 is 5.97 Å². The summed E-state index contributed by atoms with van der Waals surface area (Å²) < 4.78 is 0. The van der Waals surface area contributed by atoms with Crippen molar-refractivity contribution in [2.75, 3.05) is 39.3 Å². The van der Waals surface area contributed by atoms with Crippen LogP contribution in [0, 0.1) is 11.8 Å². The van der Waals surface area contributed by atoms with Gasteiger partial charge in [-0.2, -0.15) is 0 Å². The van der Waals surface area contributed by atoms with Crippen molar-refractivity contribution < 1.29 is 14.7 Å². The standard InChI is InChI=1S/C12H21N3O3/c1-9(11(16)17)10-7-15(8-10)12(18)14-5-2-3-13-4-6-14/h9-10,13H,2-8H2,1H3,(H,16,17). The third kappa shape index (κ3) is 2.75. The number of carboxylic acids is 1. The Hall–Kier alpha value is -1.30. The molecule has 1 atom stereocenters. The van der Waals surface area contributed by atoms with E-state index in [0.29, 0.717) is 13.1 Å². The Bertz CT molecular complexity index is 321. The summed E-state index contributed by atoms with van der Waals surface area (Å²) in [6, 6.07) is 0.0625. The summed E-state index contributed by atoms with van der Waals surface area (Å²) in [6.07, 6.45) is 0.981. The minimum atomic E-state index is -0.772. The van der Waals surface area contributed by atoms with E-state index in [1.54, 1.807) is 11.8 Å². The first-order chi connectivity index (χ1) is 8.59. The quantitative estimate of drug-likeness (QED) is 0.731. The van der Waals surface area contributed by atoms with Crippen molar-refractivity contribution in [3.8, 4) is 0 Å². The average Bonchev–Trinajstić information content (AvgIpc) is 2.54. The predicted molar refractivity (Wildman–Crippen MR) is 66.3 cm³/mol. The lowest BCUT2D eigenvalue weighted by atomic mass is 9.87. The van der Waals surface area contributed by atoms with Crippen molar-refractivity contribution in [1.29, 1.82) is 0 Å². The molecule has 0 saturated carbocycles. The molecule has 0 aliphatic carbocycles.